The van der Waals surface area contributed by atoms with Gasteiger partial charge in [-0.15, -0.1) is 0 Å². The number of hydrogen-bond acceptors (Lipinski definition) is 5. The van der Waals surface area contributed by atoms with Gasteiger partial charge >= 0.3 is 0 Å². The molecule has 2 rings (SSSR count). The molecule has 1 saturated heterocycles. The predicted molar refractivity (Wildman–Crippen MR) is 81.7 cm³/mol. The lowest BCUT2D eigenvalue weighted by Crippen LogP contribution is -2.30. The van der Waals surface area contributed by atoms with Gasteiger partial charge in [0, 0.05) is 19.6 Å². The Morgan fingerprint density at radius 1 is 1.48 bits per heavy atom. The Morgan fingerprint density at radius 3 is 2.81 bits per heavy atom. The average Bonchev–Trinajstić information content (AvgIpc) is 2.90. The topological polar surface area (TPSA) is 84.7 Å². The first-order chi connectivity index (χ1) is 9.96. The first-order valence-electron chi connectivity index (χ1n) is 7.01. The van der Waals surface area contributed by atoms with Crippen molar-refractivity contribution in [2.45, 2.75) is 17.9 Å². The van der Waals surface area contributed by atoms with Crippen LogP contribution in [0.3, 0.4) is 0 Å². The zero-order valence-corrected chi connectivity index (χ0v) is 13.3. The normalized spacial score (nSPS) is 19.9. The maximum Gasteiger partial charge on any atom is 0.244 e. The van der Waals surface area contributed by atoms with E-state index in [1.165, 1.54) is 7.11 Å². The van der Waals surface area contributed by atoms with E-state index in [4.69, 9.17) is 10.5 Å². The minimum atomic E-state index is -3.57. The molecule has 118 valence electrons. The van der Waals surface area contributed by atoms with Gasteiger partial charge in [-0.2, -0.15) is 0 Å². The third-order valence-electron chi connectivity index (χ3n) is 3.80. The summed E-state index contributed by atoms with van der Waals surface area (Å²) in [6.07, 6.45) is 1.02. The van der Waals surface area contributed by atoms with Crippen molar-refractivity contribution in [3.8, 4) is 5.75 Å². The predicted octanol–water partition coefficient (Wildman–Crippen LogP) is 0.384. The van der Waals surface area contributed by atoms with E-state index >= 15 is 0 Å². The van der Waals surface area contributed by atoms with Crippen LogP contribution in [-0.2, 0) is 16.6 Å². The zero-order chi connectivity index (χ0) is 15.5. The van der Waals surface area contributed by atoms with Crippen LogP contribution in [-0.4, -0.2) is 47.1 Å². The lowest BCUT2D eigenvalue weighted by molar-refractivity contribution is 0.393. The third-order valence-corrected chi connectivity index (χ3v) is 5.27. The highest BCUT2D eigenvalue weighted by Gasteiger charge is 2.24. The fourth-order valence-electron chi connectivity index (χ4n) is 2.56. The number of rotatable bonds is 6. The maximum absolute atomic E-state index is 12.4. The highest BCUT2D eigenvalue weighted by molar-refractivity contribution is 7.89. The van der Waals surface area contributed by atoms with Crippen molar-refractivity contribution in [2.24, 2.45) is 11.7 Å². The van der Waals surface area contributed by atoms with Crippen molar-refractivity contribution in [1.82, 2.24) is 9.62 Å². The summed E-state index contributed by atoms with van der Waals surface area (Å²) in [4.78, 5) is 2.36. The van der Waals surface area contributed by atoms with Crippen LogP contribution in [0.1, 0.15) is 12.0 Å². The van der Waals surface area contributed by atoms with Crippen molar-refractivity contribution in [3.05, 3.63) is 23.8 Å². The lowest BCUT2D eigenvalue weighted by atomic mass is 10.1. The van der Waals surface area contributed by atoms with E-state index < -0.39 is 10.0 Å². The fraction of sp³-hybridized carbons (Fsp3) is 0.571. The summed E-state index contributed by atoms with van der Waals surface area (Å²) in [6.45, 7) is 2.74. The smallest absolute Gasteiger partial charge is 0.244 e. The van der Waals surface area contributed by atoms with Crippen LogP contribution in [0.4, 0.5) is 0 Å². The molecule has 0 spiro atoms. The average molecular weight is 313 g/mol. The summed E-state index contributed by atoms with van der Waals surface area (Å²) in [5.41, 5.74) is 6.40. The van der Waals surface area contributed by atoms with Crippen LogP contribution >= 0.6 is 0 Å². The van der Waals surface area contributed by atoms with Crippen LogP contribution in [0.25, 0.3) is 0 Å². The molecule has 7 heteroatoms. The number of methoxy groups -OCH3 is 1. The molecule has 21 heavy (non-hydrogen) atoms. The Bertz CT molecular complexity index is 589. The van der Waals surface area contributed by atoms with Gasteiger partial charge in [0.15, 0.2) is 0 Å². The molecule has 1 unspecified atom stereocenters. The summed E-state index contributed by atoms with van der Waals surface area (Å²) in [5.74, 6) is 0.688. The molecule has 0 amide bonds. The molecule has 1 aliphatic heterocycles. The molecular formula is C14H23N3O3S. The number of nitrogens with zero attached hydrogens (tertiary/aromatic N) is 1. The van der Waals surface area contributed by atoms with Crippen molar-refractivity contribution < 1.29 is 13.2 Å². The Balaban J connectivity index is 2.11. The van der Waals surface area contributed by atoms with Gasteiger partial charge in [0.05, 0.1) is 7.11 Å². The van der Waals surface area contributed by atoms with Gasteiger partial charge in [0.25, 0.3) is 0 Å². The van der Waals surface area contributed by atoms with Crippen LogP contribution in [0.15, 0.2) is 23.1 Å². The molecule has 1 heterocycles. The van der Waals surface area contributed by atoms with Crippen molar-refractivity contribution in [3.63, 3.8) is 0 Å². The number of nitrogens with one attached hydrogen (secondary N) is 1. The Morgan fingerprint density at radius 2 is 2.24 bits per heavy atom. The molecule has 0 aliphatic carbocycles. The number of likely N-dealkylation sites (tertiary alicyclic amines) is 1. The first kappa shape index (κ1) is 16.2. The summed E-state index contributed by atoms with van der Waals surface area (Å²) < 4.78 is 32.7. The van der Waals surface area contributed by atoms with Gasteiger partial charge in [-0.3, -0.25) is 0 Å². The Hall–Kier alpha value is -1.15. The van der Waals surface area contributed by atoms with Gasteiger partial charge in [-0.05, 0) is 43.6 Å². The summed E-state index contributed by atoms with van der Waals surface area (Å²) in [5, 5.41) is 0. The minimum absolute atomic E-state index is 0.161. The molecule has 0 radical (unpaired) electrons. The largest absolute Gasteiger partial charge is 0.495 e. The number of nitrogens with two attached hydrogens (primary N) is 1. The lowest BCUT2D eigenvalue weighted by Gasteiger charge is -2.14. The molecule has 1 aromatic rings. The number of sulfonamides is 1. The van der Waals surface area contributed by atoms with E-state index in [0.717, 1.165) is 25.1 Å². The Labute approximate surface area is 126 Å². The highest BCUT2D eigenvalue weighted by atomic mass is 32.2. The molecule has 1 aromatic carbocycles. The van der Waals surface area contributed by atoms with E-state index in [-0.39, 0.29) is 4.90 Å². The number of benzene rings is 1. The monoisotopic (exact) mass is 313 g/mol. The quantitative estimate of drug-likeness (QED) is 0.793. The van der Waals surface area contributed by atoms with E-state index in [9.17, 15) is 8.42 Å². The van der Waals surface area contributed by atoms with E-state index in [0.29, 0.717) is 24.8 Å². The van der Waals surface area contributed by atoms with Crippen molar-refractivity contribution in [1.29, 1.82) is 0 Å². The van der Waals surface area contributed by atoms with Gasteiger partial charge < -0.3 is 15.4 Å². The first-order valence-corrected chi connectivity index (χ1v) is 8.49. The van der Waals surface area contributed by atoms with E-state index in [2.05, 4.69) is 9.62 Å². The number of hydrogen-bond donors (Lipinski definition) is 2. The zero-order valence-electron chi connectivity index (χ0n) is 12.5. The van der Waals surface area contributed by atoms with Gasteiger partial charge in [-0.1, -0.05) is 6.07 Å². The molecule has 0 bridgehead atoms. The fourth-order valence-corrected chi connectivity index (χ4v) is 3.82. The van der Waals surface area contributed by atoms with E-state index in [1.807, 2.05) is 7.05 Å². The summed E-state index contributed by atoms with van der Waals surface area (Å²) in [6, 6.07) is 4.92. The molecular weight excluding hydrogens is 290 g/mol. The van der Waals surface area contributed by atoms with E-state index in [1.54, 1.807) is 18.2 Å². The van der Waals surface area contributed by atoms with Crippen molar-refractivity contribution >= 4 is 10.0 Å². The van der Waals surface area contributed by atoms with Crippen LogP contribution in [0, 0.1) is 5.92 Å². The van der Waals surface area contributed by atoms with Crippen LogP contribution in [0.2, 0.25) is 0 Å². The highest BCUT2D eigenvalue weighted by Crippen LogP contribution is 2.25. The molecule has 1 atom stereocenters. The summed E-state index contributed by atoms with van der Waals surface area (Å²) >= 11 is 0. The molecule has 1 fully saturated rings. The molecule has 1 aliphatic rings. The second-order valence-corrected chi connectivity index (χ2v) is 7.19. The SMILES string of the molecule is COc1cc(CN)ccc1S(=O)(=O)NCC1CCN(C)C1. The molecule has 6 nitrogen and oxygen atoms in total. The minimum Gasteiger partial charge on any atom is -0.495 e. The van der Waals surface area contributed by atoms with Gasteiger partial charge in [0.1, 0.15) is 10.6 Å². The second-order valence-electron chi connectivity index (χ2n) is 5.46. The molecule has 3 N–H and O–H groups in total. The molecule has 0 saturated carbocycles. The van der Waals surface area contributed by atoms with Gasteiger partial charge in [0.2, 0.25) is 10.0 Å². The molecule has 0 aromatic heterocycles. The van der Waals surface area contributed by atoms with Crippen LogP contribution in [0.5, 0.6) is 5.75 Å². The van der Waals surface area contributed by atoms with Gasteiger partial charge in [-0.25, -0.2) is 13.1 Å². The standard InChI is InChI=1S/C14H23N3O3S/c1-17-6-5-12(10-17)9-16-21(18,19)14-4-3-11(8-15)7-13(14)20-2/h3-4,7,12,16H,5-6,8-10,15H2,1-2H3. The third kappa shape index (κ3) is 3.94. The number of ether oxygens (including phenoxy) is 1. The maximum atomic E-state index is 12.4. The van der Waals surface area contributed by atoms with Crippen molar-refractivity contribution in [2.75, 3.05) is 33.8 Å². The summed E-state index contributed by atoms with van der Waals surface area (Å²) in [7, 11) is -0.0637. The van der Waals surface area contributed by atoms with Crippen LogP contribution < -0.4 is 15.2 Å². The second kappa shape index (κ2) is 6.74. The Kier molecular flexibility index (Phi) is 5.21.